The molecule has 3 aromatic rings. The lowest BCUT2D eigenvalue weighted by Crippen LogP contribution is -2.38. The Kier molecular flexibility index (Phi) is 4.75. The Hall–Kier alpha value is -2.96. The Labute approximate surface area is 159 Å². The van der Waals surface area contributed by atoms with Crippen LogP contribution >= 0.6 is 0 Å². The number of carbonyl (C=O) groups excluding carboxylic acids is 1. The van der Waals surface area contributed by atoms with Crippen molar-refractivity contribution in [2.75, 3.05) is 20.2 Å². The number of hydrogen-bond donors (Lipinski definition) is 1. The lowest BCUT2D eigenvalue weighted by atomic mass is 9.93. The van der Waals surface area contributed by atoms with Crippen molar-refractivity contribution in [3.05, 3.63) is 65.1 Å². The van der Waals surface area contributed by atoms with Crippen LogP contribution in [0, 0.1) is 17.5 Å². The van der Waals surface area contributed by atoms with Gasteiger partial charge in [0.05, 0.1) is 12.7 Å². The summed E-state index contributed by atoms with van der Waals surface area (Å²) in [5, 5.41) is 1.05. The number of fused-ring (bicyclic) bond motifs is 1. The highest BCUT2D eigenvalue weighted by atomic mass is 19.2. The van der Waals surface area contributed by atoms with Crippen molar-refractivity contribution in [3.63, 3.8) is 0 Å². The largest absolute Gasteiger partial charge is 0.497 e. The number of piperidine rings is 1. The fraction of sp³-hybridized carbons (Fsp3) is 0.286. The second kappa shape index (κ2) is 7.22. The van der Waals surface area contributed by atoms with E-state index < -0.39 is 28.9 Å². The normalized spacial score (nSPS) is 15.2. The second-order valence-corrected chi connectivity index (χ2v) is 6.97. The summed E-state index contributed by atoms with van der Waals surface area (Å²) in [4.78, 5) is 17.4. The zero-order valence-corrected chi connectivity index (χ0v) is 15.3. The number of halogens is 3. The smallest absolute Gasteiger partial charge is 0.256 e. The molecule has 0 spiro atoms. The Balaban J connectivity index is 1.47. The van der Waals surface area contributed by atoms with Crippen molar-refractivity contribution in [2.45, 2.75) is 18.8 Å². The van der Waals surface area contributed by atoms with Crippen LogP contribution < -0.4 is 4.74 Å². The third-order valence-electron chi connectivity index (χ3n) is 5.34. The van der Waals surface area contributed by atoms with Crippen molar-refractivity contribution in [1.29, 1.82) is 0 Å². The Morgan fingerprint density at radius 3 is 2.54 bits per heavy atom. The molecular weight excluding hydrogens is 369 g/mol. The summed E-state index contributed by atoms with van der Waals surface area (Å²) in [6, 6.07) is 9.65. The average molecular weight is 388 g/mol. The summed E-state index contributed by atoms with van der Waals surface area (Å²) in [6.07, 6.45) is 1.39. The molecule has 4 nitrogen and oxygen atoms in total. The first-order valence-corrected chi connectivity index (χ1v) is 9.07. The number of nitrogens with zero attached hydrogens (tertiary/aromatic N) is 1. The number of likely N-dealkylation sites (tertiary alicyclic amines) is 1. The molecule has 0 saturated carbocycles. The molecule has 0 aliphatic carbocycles. The lowest BCUT2D eigenvalue weighted by molar-refractivity contribution is 0.0706. The molecule has 1 aromatic heterocycles. The van der Waals surface area contributed by atoms with Gasteiger partial charge in [-0.05, 0) is 49.2 Å². The van der Waals surface area contributed by atoms with Gasteiger partial charge in [0.1, 0.15) is 5.75 Å². The van der Waals surface area contributed by atoms with Gasteiger partial charge in [-0.15, -0.1) is 0 Å². The number of nitrogens with one attached hydrogen (secondary N) is 1. The Bertz CT molecular complexity index is 1040. The third kappa shape index (κ3) is 3.21. The number of ether oxygens (including phenoxy) is 1. The maximum Gasteiger partial charge on any atom is 0.256 e. The number of methoxy groups -OCH3 is 1. The van der Waals surface area contributed by atoms with E-state index >= 15 is 0 Å². The fourth-order valence-corrected chi connectivity index (χ4v) is 3.74. The molecule has 1 fully saturated rings. The number of carbonyl (C=O) groups is 1. The fourth-order valence-electron chi connectivity index (χ4n) is 3.74. The van der Waals surface area contributed by atoms with E-state index in [1.54, 1.807) is 7.11 Å². The molecule has 0 radical (unpaired) electrons. The van der Waals surface area contributed by atoms with Crippen LogP contribution in [0.3, 0.4) is 0 Å². The molecule has 1 aliphatic heterocycles. The molecular formula is C21H19F3N2O2. The topological polar surface area (TPSA) is 45.3 Å². The van der Waals surface area contributed by atoms with Gasteiger partial charge in [-0.25, -0.2) is 13.2 Å². The molecule has 146 valence electrons. The van der Waals surface area contributed by atoms with Crippen LogP contribution in [0.1, 0.15) is 34.8 Å². The number of aromatic nitrogens is 1. The number of hydrogen-bond acceptors (Lipinski definition) is 2. The quantitative estimate of drug-likeness (QED) is 0.666. The zero-order valence-electron chi connectivity index (χ0n) is 15.3. The minimum atomic E-state index is -1.62. The van der Waals surface area contributed by atoms with Gasteiger partial charge in [0.2, 0.25) is 0 Å². The van der Waals surface area contributed by atoms with Crippen LogP contribution in [0.5, 0.6) is 5.75 Å². The predicted octanol–water partition coefficient (Wildman–Crippen LogP) is 4.61. The first kappa shape index (κ1) is 18.4. The van der Waals surface area contributed by atoms with Crippen LogP contribution in [0.25, 0.3) is 10.9 Å². The van der Waals surface area contributed by atoms with Gasteiger partial charge >= 0.3 is 0 Å². The lowest BCUT2D eigenvalue weighted by Gasteiger charge is -2.31. The van der Waals surface area contributed by atoms with Gasteiger partial charge < -0.3 is 14.6 Å². The van der Waals surface area contributed by atoms with Crippen molar-refractivity contribution < 1.29 is 22.7 Å². The molecule has 28 heavy (non-hydrogen) atoms. The highest BCUT2D eigenvalue weighted by molar-refractivity contribution is 5.94. The van der Waals surface area contributed by atoms with Crippen molar-refractivity contribution >= 4 is 16.8 Å². The molecule has 2 heterocycles. The summed E-state index contributed by atoms with van der Waals surface area (Å²) in [5.74, 6) is -3.95. The molecule has 7 heteroatoms. The number of amides is 1. The highest BCUT2D eigenvalue weighted by Gasteiger charge is 2.28. The van der Waals surface area contributed by atoms with Crippen molar-refractivity contribution in [2.24, 2.45) is 0 Å². The Morgan fingerprint density at radius 1 is 1.07 bits per heavy atom. The second-order valence-electron chi connectivity index (χ2n) is 6.97. The van der Waals surface area contributed by atoms with Crippen LogP contribution in [-0.2, 0) is 0 Å². The van der Waals surface area contributed by atoms with E-state index in [1.165, 1.54) is 4.90 Å². The summed E-state index contributed by atoms with van der Waals surface area (Å²) in [6.45, 7) is 0.835. The molecule has 1 aliphatic rings. The van der Waals surface area contributed by atoms with Crippen LogP contribution in [0.4, 0.5) is 13.2 Å². The van der Waals surface area contributed by atoms with Crippen LogP contribution in [-0.4, -0.2) is 36.0 Å². The van der Waals surface area contributed by atoms with E-state index in [0.29, 0.717) is 25.9 Å². The van der Waals surface area contributed by atoms with Gasteiger partial charge in [-0.3, -0.25) is 4.79 Å². The van der Waals surface area contributed by atoms with Gasteiger partial charge in [-0.1, -0.05) is 0 Å². The first-order valence-electron chi connectivity index (χ1n) is 9.07. The minimum Gasteiger partial charge on any atom is -0.497 e. The predicted molar refractivity (Wildman–Crippen MR) is 99.0 cm³/mol. The minimum absolute atomic E-state index is 0.234. The van der Waals surface area contributed by atoms with E-state index in [4.69, 9.17) is 4.74 Å². The molecule has 0 bridgehead atoms. The van der Waals surface area contributed by atoms with E-state index in [9.17, 15) is 18.0 Å². The monoisotopic (exact) mass is 388 g/mol. The first-order chi connectivity index (χ1) is 13.5. The van der Waals surface area contributed by atoms with E-state index in [0.717, 1.165) is 34.5 Å². The summed E-state index contributed by atoms with van der Waals surface area (Å²) >= 11 is 0. The van der Waals surface area contributed by atoms with Crippen LogP contribution in [0.15, 0.2) is 36.4 Å². The van der Waals surface area contributed by atoms with Crippen molar-refractivity contribution in [1.82, 2.24) is 9.88 Å². The molecule has 1 amide bonds. The molecule has 2 aromatic carbocycles. The highest BCUT2D eigenvalue weighted by Crippen LogP contribution is 2.32. The maximum atomic E-state index is 13.9. The third-order valence-corrected chi connectivity index (χ3v) is 5.34. The Morgan fingerprint density at radius 2 is 1.82 bits per heavy atom. The van der Waals surface area contributed by atoms with E-state index in [2.05, 4.69) is 11.1 Å². The van der Waals surface area contributed by atoms with Crippen molar-refractivity contribution in [3.8, 4) is 5.75 Å². The molecule has 0 atom stereocenters. The summed E-state index contributed by atoms with van der Waals surface area (Å²) in [7, 11) is 1.62. The van der Waals surface area contributed by atoms with E-state index in [-0.39, 0.29) is 5.92 Å². The molecule has 4 rings (SSSR count). The van der Waals surface area contributed by atoms with Gasteiger partial charge in [0.25, 0.3) is 5.91 Å². The van der Waals surface area contributed by atoms with Crippen LogP contribution in [0.2, 0.25) is 0 Å². The SMILES string of the molecule is COc1ccc2[nH]c(C3CCN(C(=O)c4ccc(F)c(F)c4F)CC3)cc2c1. The average Bonchev–Trinajstić information content (AvgIpc) is 3.15. The zero-order chi connectivity index (χ0) is 19.8. The van der Waals surface area contributed by atoms with E-state index in [1.807, 2.05) is 18.2 Å². The number of rotatable bonds is 3. The number of H-pyrrole nitrogens is 1. The number of aromatic amines is 1. The van der Waals surface area contributed by atoms with Gasteiger partial charge in [0, 0.05) is 35.6 Å². The van der Waals surface area contributed by atoms with Gasteiger partial charge in [0.15, 0.2) is 17.5 Å². The molecule has 1 N–H and O–H groups in total. The summed E-state index contributed by atoms with van der Waals surface area (Å²) < 4.78 is 45.7. The van der Waals surface area contributed by atoms with Gasteiger partial charge in [-0.2, -0.15) is 0 Å². The summed E-state index contributed by atoms with van der Waals surface area (Å²) in [5.41, 5.74) is 1.66. The molecule has 0 unspecified atom stereocenters. The number of benzene rings is 2. The maximum absolute atomic E-state index is 13.9. The standard InChI is InChI=1S/C21H19F3N2O2/c1-28-14-2-5-17-13(10-14)11-18(25-17)12-6-8-26(9-7-12)21(27)15-3-4-16(22)20(24)19(15)23/h2-5,10-12,25H,6-9H2,1H3. The molecule has 1 saturated heterocycles.